The molecule has 2 aromatic heterocycles. The highest BCUT2D eigenvalue weighted by Gasteiger charge is 2.25. The van der Waals surface area contributed by atoms with Crippen LogP contribution >= 0.6 is 34.5 Å². The number of carbonyl (C=O) groups is 2. The molecule has 1 atom stereocenters. The number of aromatic amines is 1. The first-order valence-corrected chi connectivity index (χ1v) is 10.6. The highest BCUT2D eigenvalue weighted by Crippen LogP contribution is 2.36. The van der Waals surface area contributed by atoms with Crippen LogP contribution in [0.4, 0.5) is 8.78 Å². The maximum atomic E-state index is 12.7. The molecule has 0 aliphatic heterocycles. The Morgan fingerprint density at radius 1 is 1.16 bits per heavy atom. The second-order valence-corrected chi connectivity index (χ2v) is 8.27. The smallest absolute Gasteiger partial charge is 0.387 e. The lowest BCUT2D eigenvalue weighted by Crippen LogP contribution is -2.15. The first-order chi connectivity index (χ1) is 15.3. The van der Waals surface area contributed by atoms with E-state index in [0.29, 0.717) is 32.3 Å². The second kappa shape index (κ2) is 10.7. The first kappa shape index (κ1) is 23.9. The Hall–Kier alpha value is -2.75. The summed E-state index contributed by atoms with van der Waals surface area (Å²) in [5.74, 6) is -0.813. The number of hydrogen-bond donors (Lipinski definition) is 0. The van der Waals surface area contributed by atoms with E-state index in [4.69, 9.17) is 32.7 Å². The number of nitrogens with one attached hydrogen (secondary N) is 1. The number of alkyl halides is 2. The van der Waals surface area contributed by atoms with Crippen molar-refractivity contribution < 1.29 is 37.6 Å². The largest absolute Gasteiger partial charge is 0.493 e. The number of thiophene rings is 1. The summed E-state index contributed by atoms with van der Waals surface area (Å²) < 4.78 is 40.6. The summed E-state index contributed by atoms with van der Waals surface area (Å²) in [5.41, 5.74) is 0.945. The van der Waals surface area contributed by atoms with Crippen molar-refractivity contribution in [2.45, 2.75) is 19.1 Å². The van der Waals surface area contributed by atoms with E-state index in [9.17, 15) is 18.4 Å². The summed E-state index contributed by atoms with van der Waals surface area (Å²) in [7, 11) is 1.30. The fourth-order valence-electron chi connectivity index (χ4n) is 2.88. The maximum absolute atomic E-state index is 12.7. The molecular weight excluding hydrogens is 487 g/mol. The van der Waals surface area contributed by atoms with Crippen molar-refractivity contribution in [3.8, 4) is 11.5 Å². The van der Waals surface area contributed by atoms with Gasteiger partial charge in [-0.15, -0.1) is 11.3 Å². The van der Waals surface area contributed by atoms with Crippen LogP contribution < -0.4 is 14.5 Å². The molecule has 3 rings (SSSR count). The minimum Gasteiger partial charge on any atom is -0.493 e. The molecule has 1 aromatic carbocycles. The van der Waals surface area contributed by atoms with Crippen LogP contribution in [-0.2, 0) is 11.2 Å². The molecule has 1 N–H and O–H groups in total. The molecule has 11 heteroatoms. The van der Waals surface area contributed by atoms with Crippen LogP contribution in [0, 0.1) is 0 Å². The third-order valence-electron chi connectivity index (χ3n) is 4.36. The quantitative estimate of drug-likeness (QED) is 0.288. The Morgan fingerprint density at radius 2 is 1.88 bits per heavy atom. The van der Waals surface area contributed by atoms with Gasteiger partial charge < -0.3 is 14.2 Å². The molecule has 168 valence electrons. The number of pyridine rings is 1. The first-order valence-electron chi connectivity index (χ1n) is 9.05. The van der Waals surface area contributed by atoms with Gasteiger partial charge in [0.15, 0.2) is 30.2 Å². The van der Waals surface area contributed by atoms with Gasteiger partial charge in [-0.05, 0) is 29.8 Å². The van der Waals surface area contributed by atoms with Crippen LogP contribution in [0.3, 0.4) is 0 Å². The lowest BCUT2D eigenvalue weighted by atomic mass is 10.0. The van der Waals surface area contributed by atoms with Crippen LogP contribution in [0.25, 0.3) is 0 Å². The summed E-state index contributed by atoms with van der Waals surface area (Å²) in [4.78, 5) is 27.0. The van der Waals surface area contributed by atoms with Gasteiger partial charge in [0, 0.05) is 12.0 Å². The Bertz CT molecular complexity index is 1110. The fourth-order valence-corrected chi connectivity index (χ4v) is 4.11. The number of halogens is 4. The van der Waals surface area contributed by atoms with Crippen molar-refractivity contribution in [3.05, 3.63) is 73.7 Å². The zero-order valence-electron chi connectivity index (χ0n) is 16.4. The van der Waals surface area contributed by atoms with Gasteiger partial charge in [-0.25, -0.2) is 9.78 Å². The SMILES string of the molecule is COc1cc([C@H](Cc2c(Cl)c[nH+]cc2Cl)OC(=O)c2ccc(C=O)s2)ccc1OC(F)F. The number of aldehydes is 1. The maximum Gasteiger partial charge on any atom is 0.387 e. The molecule has 32 heavy (non-hydrogen) atoms. The van der Waals surface area contributed by atoms with Gasteiger partial charge in [0.05, 0.1) is 12.0 Å². The minimum absolute atomic E-state index is 0.0294. The summed E-state index contributed by atoms with van der Waals surface area (Å²) in [6, 6.07) is 7.17. The van der Waals surface area contributed by atoms with Crippen LogP contribution in [0.15, 0.2) is 42.7 Å². The van der Waals surface area contributed by atoms with E-state index in [0.717, 1.165) is 11.3 Å². The van der Waals surface area contributed by atoms with Crippen LogP contribution in [0.1, 0.15) is 36.6 Å². The third-order valence-corrected chi connectivity index (χ3v) is 6.02. The van der Waals surface area contributed by atoms with Gasteiger partial charge in [0.2, 0.25) is 0 Å². The molecule has 0 unspecified atom stereocenters. The molecule has 6 nitrogen and oxygen atoms in total. The van der Waals surface area contributed by atoms with E-state index in [1.54, 1.807) is 0 Å². The lowest BCUT2D eigenvalue weighted by molar-refractivity contribution is -0.377. The normalized spacial score (nSPS) is 11.8. The third kappa shape index (κ3) is 5.73. The van der Waals surface area contributed by atoms with E-state index in [1.165, 1.54) is 49.8 Å². The van der Waals surface area contributed by atoms with E-state index >= 15 is 0 Å². The van der Waals surface area contributed by atoms with E-state index in [1.807, 2.05) is 0 Å². The Balaban J connectivity index is 1.97. The number of carbonyl (C=O) groups excluding carboxylic acids is 2. The van der Waals surface area contributed by atoms with Crippen molar-refractivity contribution in [1.82, 2.24) is 0 Å². The lowest BCUT2D eigenvalue weighted by Gasteiger charge is -2.20. The standard InChI is InChI=1S/C21H15Cl2F2NO5S/c1-29-18-6-11(2-4-16(18)31-21(24)25)17(7-13-14(22)8-26-9-15(13)23)30-20(28)19-5-3-12(10-27)32-19/h2-6,8-10,17,21H,7H2,1H3/p+1/t17-/m0/s1. The summed E-state index contributed by atoms with van der Waals surface area (Å²) >= 11 is 13.5. The molecule has 2 heterocycles. The number of methoxy groups -OCH3 is 1. The summed E-state index contributed by atoms with van der Waals surface area (Å²) in [5, 5.41) is 0.644. The molecule has 0 bridgehead atoms. The molecule has 0 saturated carbocycles. The minimum atomic E-state index is -3.03. The predicted octanol–water partition coefficient (Wildman–Crippen LogP) is 5.43. The summed E-state index contributed by atoms with van der Waals surface area (Å²) in [6.45, 7) is -3.03. The molecule has 3 aromatic rings. The van der Waals surface area contributed by atoms with Crippen molar-refractivity contribution in [1.29, 1.82) is 0 Å². The highest BCUT2D eigenvalue weighted by molar-refractivity contribution is 7.15. The molecule has 0 saturated heterocycles. The fraction of sp³-hybridized carbons (Fsp3) is 0.190. The average molecular weight is 503 g/mol. The van der Waals surface area contributed by atoms with Crippen LogP contribution in [0.5, 0.6) is 11.5 Å². The number of rotatable bonds is 9. The van der Waals surface area contributed by atoms with E-state index < -0.39 is 18.7 Å². The molecule has 0 amide bonds. The molecule has 0 radical (unpaired) electrons. The zero-order chi connectivity index (χ0) is 23.3. The number of aromatic nitrogens is 1. The number of H-pyrrole nitrogens is 1. The van der Waals surface area contributed by atoms with Gasteiger partial charge in [0.1, 0.15) is 21.0 Å². The zero-order valence-corrected chi connectivity index (χ0v) is 18.8. The molecule has 0 aliphatic carbocycles. The highest BCUT2D eigenvalue weighted by atomic mass is 35.5. The predicted molar refractivity (Wildman–Crippen MR) is 114 cm³/mol. The van der Waals surface area contributed by atoms with Crippen molar-refractivity contribution in [3.63, 3.8) is 0 Å². The molecule has 0 fully saturated rings. The van der Waals surface area contributed by atoms with E-state index in [2.05, 4.69) is 9.72 Å². The van der Waals surface area contributed by atoms with Crippen molar-refractivity contribution >= 4 is 46.8 Å². The monoisotopic (exact) mass is 502 g/mol. The number of esters is 1. The number of hydrogen-bond acceptors (Lipinski definition) is 6. The van der Waals surface area contributed by atoms with Gasteiger partial charge >= 0.3 is 12.6 Å². The van der Waals surface area contributed by atoms with Gasteiger partial charge in [0.25, 0.3) is 0 Å². The number of ether oxygens (including phenoxy) is 3. The van der Waals surface area contributed by atoms with Crippen molar-refractivity contribution in [2.75, 3.05) is 7.11 Å². The second-order valence-electron chi connectivity index (χ2n) is 6.34. The Kier molecular flexibility index (Phi) is 8.00. The van der Waals surface area contributed by atoms with Crippen LogP contribution in [0.2, 0.25) is 10.0 Å². The van der Waals surface area contributed by atoms with Crippen LogP contribution in [-0.4, -0.2) is 26.0 Å². The topological polar surface area (TPSA) is 76.0 Å². The Labute approximate surface area is 195 Å². The van der Waals surface area contributed by atoms with E-state index in [-0.39, 0.29) is 22.8 Å². The average Bonchev–Trinajstić information content (AvgIpc) is 3.25. The van der Waals surface area contributed by atoms with Gasteiger partial charge in [-0.3, -0.25) is 4.79 Å². The van der Waals surface area contributed by atoms with Gasteiger partial charge in [-0.2, -0.15) is 8.78 Å². The molecular formula is C21H16Cl2F2NO5S+. The van der Waals surface area contributed by atoms with Gasteiger partial charge in [-0.1, -0.05) is 29.3 Å². The van der Waals surface area contributed by atoms with Crippen molar-refractivity contribution in [2.24, 2.45) is 0 Å². The number of benzene rings is 1. The Morgan fingerprint density at radius 3 is 2.47 bits per heavy atom. The molecule has 0 spiro atoms. The molecule has 0 aliphatic rings. The summed E-state index contributed by atoms with van der Waals surface area (Å²) in [6.07, 6.45) is 2.86.